The fourth-order valence-electron chi connectivity index (χ4n) is 3.21. The Morgan fingerprint density at radius 1 is 0.920 bits per heavy atom. The molecule has 1 unspecified atom stereocenters. The summed E-state index contributed by atoms with van der Waals surface area (Å²) in [6.07, 6.45) is 2.28. The van der Waals surface area contributed by atoms with Crippen LogP contribution in [0.25, 0.3) is 0 Å². The number of hydrogen-bond donors (Lipinski definition) is 0. The van der Waals surface area contributed by atoms with Crippen LogP contribution in [0.15, 0.2) is 54.6 Å². The lowest BCUT2D eigenvalue weighted by Gasteiger charge is -2.27. The van der Waals surface area contributed by atoms with Crippen molar-refractivity contribution in [1.82, 2.24) is 0 Å². The first-order valence-corrected chi connectivity index (χ1v) is 11.7. The molecule has 2 aromatic carbocycles. The first-order chi connectivity index (χ1) is 11.8. The van der Waals surface area contributed by atoms with Gasteiger partial charge in [-0.15, -0.1) is 0 Å². The van der Waals surface area contributed by atoms with Gasteiger partial charge in [0.2, 0.25) is 10.0 Å². The lowest BCUT2D eigenvalue weighted by molar-refractivity contribution is 0.576. The van der Waals surface area contributed by atoms with E-state index in [0.717, 1.165) is 17.4 Å². The van der Waals surface area contributed by atoms with Crippen LogP contribution in [-0.4, -0.2) is 40.6 Å². The Kier molecular flexibility index (Phi) is 4.88. The monoisotopic (exact) mass is 379 g/mol. The zero-order valence-corrected chi connectivity index (χ0v) is 15.6. The quantitative estimate of drug-likeness (QED) is 0.770. The first-order valence-electron chi connectivity index (χ1n) is 8.08. The minimum atomic E-state index is -3.72. The summed E-state index contributed by atoms with van der Waals surface area (Å²) in [7, 11) is -7.07. The summed E-state index contributed by atoms with van der Waals surface area (Å²) >= 11 is 0. The molecule has 3 rings (SSSR count). The van der Waals surface area contributed by atoms with Crippen molar-refractivity contribution < 1.29 is 16.8 Å². The average Bonchev–Trinajstić information content (AvgIpc) is 2.92. The van der Waals surface area contributed by atoms with E-state index < -0.39 is 25.6 Å². The summed E-state index contributed by atoms with van der Waals surface area (Å²) in [5.74, 6) is -0.766. The van der Waals surface area contributed by atoms with Crippen LogP contribution >= 0.6 is 0 Å². The molecule has 25 heavy (non-hydrogen) atoms. The van der Waals surface area contributed by atoms with E-state index in [4.69, 9.17) is 0 Å². The highest BCUT2D eigenvalue weighted by Gasteiger charge is 2.37. The van der Waals surface area contributed by atoms with Gasteiger partial charge >= 0.3 is 0 Å². The molecule has 1 heterocycles. The first kappa shape index (κ1) is 17.9. The third-order valence-corrected chi connectivity index (χ3v) is 7.36. The topological polar surface area (TPSA) is 71.5 Å². The fraction of sp³-hybridized carbons (Fsp3) is 0.333. The SMILES string of the molecule is CS(=O)(=O)CCS(=O)(=O)N1c2ccccc2CC1Cc1ccccc1. The number of fused-ring (bicyclic) bond motifs is 1. The van der Waals surface area contributed by atoms with Crippen molar-refractivity contribution in [3.8, 4) is 0 Å². The Hall–Kier alpha value is -1.86. The molecule has 1 atom stereocenters. The highest BCUT2D eigenvalue weighted by Crippen LogP contribution is 2.36. The number of hydrogen-bond acceptors (Lipinski definition) is 4. The average molecular weight is 380 g/mol. The largest absolute Gasteiger partial charge is 0.266 e. The van der Waals surface area contributed by atoms with Crippen LogP contribution in [0.2, 0.25) is 0 Å². The Bertz CT molecular complexity index is 954. The standard InChI is InChI=1S/C18H21NO4S2/c1-24(20,21)11-12-25(22,23)19-17(13-15-7-3-2-4-8-15)14-16-9-5-6-10-18(16)19/h2-10,17H,11-14H2,1H3. The molecule has 0 N–H and O–H groups in total. The number of sulfonamides is 1. The van der Waals surface area contributed by atoms with Gasteiger partial charge < -0.3 is 0 Å². The van der Waals surface area contributed by atoms with Crippen molar-refractivity contribution in [2.75, 3.05) is 22.1 Å². The number of rotatable bonds is 6. The number of benzene rings is 2. The summed E-state index contributed by atoms with van der Waals surface area (Å²) in [6, 6.07) is 16.9. The number of anilines is 1. The van der Waals surface area contributed by atoms with Crippen LogP contribution in [0.5, 0.6) is 0 Å². The van der Waals surface area contributed by atoms with E-state index in [2.05, 4.69) is 0 Å². The van der Waals surface area contributed by atoms with Gasteiger partial charge in [0.15, 0.2) is 0 Å². The predicted molar refractivity (Wildman–Crippen MR) is 100 cm³/mol. The summed E-state index contributed by atoms with van der Waals surface area (Å²) in [4.78, 5) is 0. The summed E-state index contributed by atoms with van der Waals surface area (Å²) in [5.41, 5.74) is 2.70. The van der Waals surface area contributed by atoms with Crippen molar-refractivity contribution >= 4 is 25.5 Å². The third kappa shape index (κ3) is 4.22. The lowest BCUT2D eigenvalue weighted by atomic mass is 10.0. The molecular weight excluding hydrogens is 358 g/mol. The van der Waals surface area contributed by atoms with Crippen LogP contribution < -0.4 is 4.31 Å². The Balaban J connectivity index is 1.93. The van der Waals surface area contributed by atoms with Gasteiger partial charge in [0, 0.05) is 6.26 Å². The third-order valence-electron chi connectivity index (χ3n) is 4.34. The van der Waals surface area contributed by atoms with Crippen molar-refractivity contribution in [3.05, 3.63) is 65.7 Å². The highest BCUT2D eigenvalue weighted by molar-refractivity contribution is 7.95. The van der Waals surface area contributed by atoms with Gasteiger partial charge in [0.1, 0.15) is 9.84 Å². The molecule has 0 fully saturated rings. The Morgan fingerprint density at radius 2 is 1.56 bits per heavy atom. The molecule has 0 aliphatic carbocycles. The molecule has 0 bridgehead atoms. The molecule has 0 radical (unpaired) electrons. The summed E-state index contributed by atoms with van der Waals surface area (Å²) in [5, 5.41) is 0. The molecule has 1 aliphatic heterocycles. The van der Waals surface area contributed by atoms with Gasteiger partial charge in [-0.25, -0.2) is 16.8 Å². The Labute approximate surface area is 149 Å². The van der Waals surface area contributed by atoms with Gasteiger partial charge in [-0.3, -0.25) is 4.31 Å². The molecule has 0 spiro atoms. The van der Waals surface area contributed by atoms with E-state index in [1.165, 1.54) is 4.31 Å². The Morgan fingerprint density at radius 3 is 2.24 bits per heavy atom. The van der Waals surface area contributed by atoms with Crippen LogP contribution in [0, 0.1) is 0 Å². The second kappa shape index (κ2) is 6.80. The van der Waals surface area contributed by atoms with E-state index in [1.54, 1.807) is 6.07 Å². The highest BCUT2D eigenvalue weighted by atomic mass is 32.2. The number of nitrogens with zero attached hydrogens (tertiary/aromatic N) is 1. The van der Waals surface area contributed by atoms with Gasteiger partial charge in [-0.2, -0.15) is 0 Å². The summed E-state index contributed by atoms with van der Waals surface area (Å²) in [6.45, 7) is 0. The summed E-state index contributed by atoms with van der Waals surface area (Å²) < 4.78 is 50.1. The van der Waals surface area contributed by atoms with E-state index in [1.807, 2.05) is 48.5 Å². The van der Waals surface area contributed by atoms with Gasteiger partial charge in [-0.1, -0.05) is 48.5 Å². The van der Waals surface area contributed by atoms with Gasteiger partial charge in [0.05, 0.1) is 23.2 Å². The minimum absolute atomic E-state index is 0.232. The van der Waals surface area contributed by atoms with Crippen molar-refractivity contribution in [3.63, 3.8) is 0 Å². The molecule has 0 aromatic heterocycles. The van der Waals surface area contributed by atoms with E-state index >= 15 is 0 Å². The number of para-hydroxylation sites is 1. The second-order valence-electron chi connectivity index (χ2n) is 6.42. The molecular formula is C18H21NO4S2. The van der Waals surface area contributed by atoms with Crippen molar-refractivity contribution in [2.24, 2.45) is 0 Å². The normalized spacial score (nSPS) is 17.5. The molecule has 0 saturated carbocycles. The molecule has 0 saturated heterocycles. The molecule has 5 nitrogen and oxygen atoms in total. The minimum Gasteiger partial charge on any atom is -0.266 e. The smallest absolute Gasteiger partial charge is 0.236 e. The van der Waals surface area contributed by atoms with Crippen LogP contribution in [0.1, 0.15) is 11.1 Å². The van der Waals surface area contributed by atoms with Crippen LogP contribution in [0.3, 0.4) is 0 Å². The van der Waals surface area contributed by atoms with E-state index in [9.17, 15) is 16.8 Å². The maximum Gasteiger partial charge on any atom is 0.236 e. The zero-order valence-electron chi connectivity index (χ0n) is 14.0. The molecule has 2 aromatic rings. The molecule has 134 valence electrons. The predicted octanol–water partition coefficient (Wildman–Crippen LogP) is 2.03. The van der Waals surface area contributed by atoms with Crippen LogP contribution in [-0.2, 0) is 32.7 Å². The maximum atomic E-state index is 12.9. The number of sulfone groups is 1. The maximum absolute atomic E-state index is 12.9. The zero-order chi connectivity index (χ0) is 18.1. The molecule has 7 heteroatoms. The molecule has 0 amide bonds. The molecule has 1 aliphatic rings. The van der Waals surface area contributed by atoms with Gasteiger partial charge in [0.25, 0.3) is 0 Å². The van der Waals surface area contributed by atoms with Crippen molar-refractivity contribution in [1.29, 1.82) is 0 Å². The van der Waals surface area contributed by atoms with Crippen molar-refractivity contribution in [2.45, 2.75) is 18.9 Å². The second-order valence-corrected chi connectivity index (χ2v) is 10.6. The van der Waals surface area contributed by atoms with E-state index in [-0.39, 0.29) is 11.8 Å². The van der Waals surface area contributed by atoms with Crippen LogP contribution in [0.4, 0.5) is 5.69 Å². The van der Waals surface area contributed by atoms with Gasteiger partial charge in [-0.05, 0) is 30.0 Å². The van der Waals surface area contributed by atoms with E-state index in [0.29, 0.717) is 18.5 Å². The fourth-order valence-corrected chi connectivity index (χ4v) is 6.54. The lowest BCUT2D eigenvalue weighted by Crippen LogP contribution is -2.41.